The Kier molecular flexibility index (Phi) is 7.15. The van der Waals surface area contributed by atoms with E-state index in [0.29, 0.717) is 53.4 Å². The van der Waals surface area contributed by atoms with Crippen LogP contribution >= 0.6 is 11.6 Å². The lowest BCUT2D eigenvalue weighted by molar-refractivity contribution is 0.0978. The lowest BCUT2D eigenvalue weighted by Crippen LogP contribution is -2.51. The van der Waals surface area contributed by atoms with Crippen LogP contribution in [0.4, 0.5) is 15.0 Å². The number of carbonyl (C=O) groups is 1. The molecule has 10 nitrogen and oxygen atoms in total. The molecule has 1 amide bonds. The van der Waals surface area contributed by atoms with E-state index in [0.717, 1.165) is 56.1 Å². The number of hydrogen-bond donors (Lipinski definition) is 2. The van der Waals surface area contributed by atoms with Crippen LogP contribution in [0.15, 0.2) is 42.6 Å². The van der Waals surface area contributed by atoms with E-state index in [2.05, 4.69) is 30.4 Å². The van der Waals surface area contributed by atoms with E-state index in [4.69, 9.17) is 26.1 Å². The first-order valence-corrected chi connectivity index (χ1v) is 16.1. The maximum Gasteiger partial charge on any atom is 0.407 e. The van der Waals surface area contributed by atoms with Gasteiger partial charge in [-0.15, -0.1) is 0 Å². The normalized spacial score (nSPS) is 26.0. The van der Waals surface area contributed by atoms with Crippen molar-refractivity contribution >= 4 is 45.2 Å². The molecule has 2 aromatic heterocycles. The van der Waals surface area contributed by atoms with E-state index in [-0.39, 0.29) is 28.9 Å². The number of nitrogens with one attached hydrogen (secondary N) is 2. The molecule has 4 aromatic rings. The molecule has 0 saturated carbocycles. The topological polar surface area (TPSA) is 105 Å². The van der Waals surface area contributed by atoms with Gasteiger partial charge < -0.3 is 25.0 Å². The molecule has 2 bridgehead atoms. The Morgan fingerprint density at radius 3 is 2.76 bits per heavy atom. The summed E-state index contributed by atoms with van der Waals surface area (Å²) in [6.07, 6.45) is 5.82. The van der Waals surface area contributed by atoms with Crippen LogP contribution < -0.4 is 20.3 Å². The molecule has 12 heteroatoms. The number of nitrogens with zero attached hydrogens (tertiary/aromatic N) is 5. The number of benzene rings is 2. The van der Waals surface area contributed by atoms with Gasteiger partial charge in [0.25, 0.3) is 0 Å². The van der Waals surface area contributed by atoms with Crippen LogP contribution in [0.2, 0.25) is 5.02 Å². The van der Waals surface area contributed by atoms with Gasteiger partial charge in [0.1, 0.15) is 29.7 Å². The Hall–Kier alpha value is -3.80. The fraction of sp³-hybridized carbons (Fsp3) is 0.455. The van der Waals surface area contributed by atoms with Gasteiger partial charge in [-0.25, -0.2) is 9.18 Å². The van der Waals surface area contributed by atoms with Gasteiger partial charge >= 0.3 is 12.1 Å². The molecule has 0 aliphatic carbocycles. The molecule has 4 saturated heterocycles. The summed E-state index contributed by atoms with van der Waals surface area (Å²) >= 11 is 6.62. The van der Waals surface area contributed by atoms with Gasteiger partial charge in [-0.2, -0.15) is 9.97 Å². The van der Waals surface area contributed by atoms with Gasteiger partial charge in [0, 0.05) is 67.4 Å². The standard InChI is InChI=1S/C33H35ClFN7O3/c1-36-32(43)45-22-13-33(11-4-12-42(33)17-22)18-44-31-39-29-24(30(40-31)41-15-20-9-10-21(16-41)38-20)14-37-28(27(29)35)23-7-2-5-19-6-3-8-25(34)26(19)23/h2-3,5-8,14,20-22,38H,4,9-13,15-18H2,1H3,(H,36,43)/t20?,21?,22-,33+/m0/s1. The average molecular weight is 632 g/mol. The number of halogens is 2. The number of carbonyl (C=O) groups excluding carboxylic acids is 1. The molecule has 6 heterocycles. The fourth-order valence-electron chi connectivity index (χ4n) is 7.93. The Bertz CT molecular complexity index is 1790. The number of hydrogen-bond acceptors (Lipinski definition) is 9. The highest BCUT2D eigenvalue weighted by molar-refractivity contribution is 6.36. The van der Waals surface area contributed by atoms with E-state index in [1.54, 1.807) is 19.3 Å². The van der Waals surface area contributed by atoms with E-state index < -0.39 is 11.9 Å². The summed E-state index contributed by atoms with van der Waals surface area (Å²) in [5.41, 5.74) is 0.659. The monoisotopic (exact) mass is 631 g/mol. The molecular weight excluding hydrogens is 597 g/mol. The van der Waals surface area contributed by atoms with Gasteiger partial charge in [0.15, 0.2) is 5.82 Å². The lowest BCUT2D eigenvalue weighted by Gasteiger charge is -2.34. The van der Waals surface area contributed by atoms with Crippen LogP contribution in [0.1, 0.15) is 32.1 Å². The van der Waals surface area contributed by atoms with Crippen molar-refractivity contribution in [2.45, 2.75) is 55.8 Å². The van der Waals surface area contributed by atoms with Gasteiger partial charge in [-0.3, -0.25) is 9.88 Å². The molecule has 4 aliphatic heterocycles. The molecule has 45 heavy (non-hydrogen) atoms. The molecule has 4 atom stereocenters. The van der Waals surface area contributed by atoms with Crippen molar-refractivity contribution in [3.05, 3.63) is 53.4 Å². The van der Waals surface area contributed by atoms with Crippen molar-refractivity contribution in [2.75, 3.05) is 44.7 Å². The van der Waals surface area contributed by atoms with Gasteiger partial charge in [-0.1, -0.05) is 41.9 Å². The quantitative estimate of drug-likeness (QED) is 0.307. The Morgan fingerprint density at radius 2 is 1.96 bits per heavy atom. The van der Waals surface area contributed by atoms with E-state index >= 15 is 4.39 Å². The van der Waals surface area contributed by atoms with Gasteiger partial charge in [-0.05, 0) is 43.7 Å². The Morgan fingerprint density at radius 1 is 1.16 bits per heavy atom. The maximum absolute atomic E-state index is 16.7. The summed E-state index contributed by atoms with van der Waals surface area (Å²) in [4.78, 5) is 30.7. The number of pyridine rings is 1. The number of amides is 1. The van der Waals surface area contributed by atoms with Crippen molar-refractivity contribution in [3.63, 3.8) is 0 Å². The van der Waals surface area contributed by atoms with Crippen molar-refractivity contribution < 1.29 is 18.7 Å². The van der Waals surface area contributed by atoms with Gasteiger partial charge in [0.2, 0.25) is 0 Å². The van der Waals surface area contributed by atoms with Crippen LogP contribution in [-0.2, 0) is 4.74 Å². The minimum atomic E-state index is -0.535. The molecule has 0 radical (unpaired) electrons. The first-order chi connectivity index (χ1) is 21.9. The second-order valence-corrected chi connectivity index (χ2v) is 13.2. The first-order valence-electron chi connectivity index (χ1n) is 15.7. The third kappa shape index (κ3) is 5.01. The van der Waals surface area contributed by atoms with Gasteiger partial charge in [0.05, 0.1) is 10.9 Å². The van der Waals surface area contributed by atoms with Crippen LogP contribution in [-0.4, -0.2) is 89.5 Å². The summed E-state index contributed by atoms with van der Waals surface area (Å²) in [5.74, 6) is 0.0995. The third-order valence-corrected chi connectivity index (χ3v) is 10.3. The predicted molar refractivity (Wildman–Crippen MR) is 170 cm³/mol. The molecule has 2 aromatic carbocycles. The summed E-state index contributed by atoms with van der Waals surface area (Å²) in [6.45, 7) is 3.40. The van der Waals surface area contributed by atoms with Crippen LogP contribution in [0.5, 0.6) is 6.01 Å². The highest BCUT2D eigenvalue weighted by Gasteiger charge is 2.50. The molecular formula is C33H35ClFN7O3. The molecule has 4 aliphatic rings. The smallest absolute Gasteiger partial charge is 0.407 e. The summed E-state index contributed by atoms with van der Waals surface area (Å²) in [6, 6.07) is 12.1. The molecule has 0 spiro atoms. The second-order valence-electron chi connectivity index (χ2n) is 12.7. The SMILES string of the molecule is CNC(=O)O[C@@H]1CN2CCC[C@]2(COc2nc(N3CC4CCC(C3)N4)c3cnc(-c4cccc5cccc(Cl)c45)c(F)c3n2)C1. The van der Waals surface area contributed by atoms with E-state index in [1.807, 2.05) is 30.3 Å². The third-order valence-electron chi connectivity index (χ3n) is 9.99. The lowest BCUT2D eigenvalue weighted by atomic mass is 9.94. The highest BCUT2D eigenvalue weighted by atomic mass is 35.5. The van der Waals surface area contributed by atoms with Crippen molar-refractivity contribution in [3.8, 4) is 17.3 Å². The highest BCUT2D eigenvalue weighted by Crippen LogP contribution is 2.41. The zero-order valence-corrected chi connectivity index (χ0v) is 25.8. The summed E-state index contributed by atoms with van der Waals surface area (Å²) in [5, 5.41) is 8.93. The Labute approximate surface area is 265 Å². The number of piperazine rings is 1. The summed E-state index contributed by atoms with van der Waals surface area (Å²) in [7, 11) is 1.56. The van der Waals surface area contributed by atoms with Crippen molar-refractivity contribution in [1.29, 1.82) is 0 Å². The summed E-state index contributed by atoms with van der Waals surface area (Å²) < 4.78 is 28.7. The maximum atomic E-state index is 16.7. The number of rotatable bonds is 6. The van der Waals surface area contributed by atoms with E-state index in [9.17, 15) is 4.79 Å². The largest absolute Gasteiger partial charge is 0.461 e. The minimum Gasteiger partial charge on any atom is -0.461 e. The Balaban J connectivity index is 1.19. The molecule has 2 N–H and O–H groups in total. The predicted octanol–water partition coefficient (Wildman–Crippen LogP) is 4.92. The van der Waals surface area contributed by atoms with Crippen LogP contribution in [0, 0.1) is 5.82 Å². The van der Waals surface area contributed by atoms with Crippen molar-refractivity contribution in [1.82, 2.24) is 30.5 Å². The number of ether oxygens (including phenoxy) is 2. The van der Waals surface area contributed by atoms with Crippen LogP contribution in [0.25, 0.3) is 32.9 Å². The van der Waals surface area contributed by atoms with E-state index in [1.165, 1.54) is 0 Å². The number of anilines is 1. The minimum absolute atomic E-state index is 0.132. The molecule has 4 fully saturated rings. The average Bonchev–Trinajstić information content (AvgIpc) is 3.70. The van der Waals surface area contributed by atoms with Crippen LogP contribution in [0.3, 0.4) is 0 Å². The zero-order valence-electron chi connectivity index (χ0n) is 25.1. The number of aromatic nitrogens is 3. The molecule has 8 rings (SSSR count). The second kappa shape index (κ2) is 11.2. The van der Waals surface area contributed by atoms with Crippen molar-refractivity contribution in [2.24, 2.45) is 0 Å². The number of fused-ring (bicyclic) bond motifs is 5. The molecule has 2 unspecified atom stereocenters. The zero-order chi connectivity index (χ0) is 30.7. The molecule has 234 valence electrons. The number of alkyl carbamates (subject to hydrolysis) is 1. The first kappa shape index (κ1) is 28.7. The fourth-order valence-corrected chi connectivity index (χ4v) is 8.22.